The third-order valence-corrected chi connectivity index (χ3v) is 4.07. The number of carbonyl (C=O) groups excluding carboxylic acids is 1. The highest BCUT2D eigenvalue weighted by atomic mass is 19.1. The smallest absolute Gasteiger partial charge is 0.223 e. The molecule has 2 aromatic rings. The zero-order valence-corrected chi connectivity index (χ0v) is 14.7. The molecule has 0 aliphatic heterocycles. The molecule has 2 unspecified atom stereocenters. The van der Waals surface area contributed by atoms with E-state index in [1.807, 2.05) is 38.1 Å². The Morgan fingerprint density at radius 2 is 1.84 bits per heavy atom. The van der Waals surface area contributed by atoms with Crippen LogP contribution in [0.25, 0.3) is 0 Å². The minimum absolute atomic E-state index is 0.122. The number of ether oxygens (including phenoxy) is 1. The normalized spacial score (nSPS) is 13.4. The highest BCUT2D eigenvalue weighted by molar-refractivity contribution is 5.77. The predicted molar refractivity (Wildman–Crippen MR) is 94.7 cm³/mol. The molecule has 2 rings (SSSR count). The van der Waals surface area contributed by atoms with Gasteiger partial charge in [0.05, 0.1) is 25.7 Å². The average molecular weight is 345 g/mol. The van der Waals surface area contributed by atoms with E-state index in [2.05, 4.69) is 5.32 Å². The molecule has 0 fully saturated rings. The van der Waals surface area contributed by atoms with Crippen LogP contribution in [0.2, 0.25) is 0 Å². The molecule has 0 aliphatic rings. The van der Waals surface area contributed by atoms with Crippen LogP contribution in [-0.2, 0) is 4.79 Å². The van der Waals surface area contributed by atoms with Crippen LogP contribution < -0.4 is 10.1 Å². The van der Waals surface area contributed by atoms with Crippen molar-refractivity contribution in [3.8, 4) is 5.75 Å². The number of hydrogen-bond acceptors (Lipinski definition) is 3. The molecule has 2 aromatic carbocycles. The van der Waals surface area contributed by atoms with E-state index in [1.54, 1.807) is 13.2 Å². The topological polar surface area (TPSA) is 58.6 Å². The molecule has 1 amide bonds. The average Bonchev–Trinajstić information content (AvgIpc) is 2.59. The molecule has 2 atom stereocenters. The van der Waals surface area contributed by atoms with E-state index >= 15 is 0 Å². The quantitative estimate of drug-likeness (QED) is 0.803. The summed E-state index contributed by atoms with van der Waals surface area (Å²) in [6.07, 6.45) is -1.16. The summed E-state index contributed by atoms with van der Waals surface area (Å²) in [5.74, 6) is 0.198. The summed E-state index contributed by atoms with van der Waals surface area (Å²) in [5, 5.41) is 13.1. The second-order valence-electron chi connectivity index (χ2n) is 6.34. The Kier molecular flexibility index (Phi) is 6.53. The van der Waals surface area contributed by atoms with Gasteiger partial charge in [-0.2, -0.15) is 0 Å². The van der Waals surface area contributed by atoms with Gasteiger partial charge in [-0.25, -0.2) is 4.39 Å². The van der Waals surface area contributed by atoms with Crippen molar-refractivity contribution in [2.24, 2.45) is 5.92 Å². The first-order chi connectivity index (χ1) is 11.9. The number of methoxy groups -OCH3 is 1. The monoisotopic (exact) mass is 345 g/mol. The molecule has 0 spiro atoms. The Labute approximate surface area is 147 Å². The molecular formula is C20H24FNO3. The van der Waals surface area contributed by atoms with Gasteiger partial charge >= 0.3 is 0 Å². The molecule has 134 valence electrons. The minimum Gasteiger partial charge on any atom is -0.497 e. The zero-order chi connectivity index (χ0) is 18.4. The molecule has 0 radical (unpaired) electrons. The van der Waals surface area contributed by atoms with Gasteiger partial charge in [0.15, 0.2) is 0 Å². The Bertz CT molecular complexity index is 700. The SMILES string of the molecule is COc1ccc(C(NC(=O)CC(O)c2cccc(F)c2)C(C)C)cc1. The third-order valence-electron chi connectivity index (χ3n) is 4.07. The Balaban J connectivity index is 2.04. The summed E-state index contributed by atoms with van der Waals surface area (Å²) in [6.45, 7) is 4.02. The first-order valence-corrected chi connectivity index (χ1v) is 8.27. The van der Waals surface area contributed by atoms with Gasteiger partial charge in [0, 0.05) is 0 Å². The Hall–Kier alpha value is -2.40. The van der Waals surface area contributed by atoms with Gasteiger partial charge in [-0.1, -0.05) is 38.1 Å². The number of hydrogen-bond donors (Lipinski definition) is 2. The molecule has 0 bridgehead atoms. The van der Waals surface area contributed by atoms with Crippen molar-refractivity contribution in [3.63, 3.8) is 0 Å². The van der Waals surface area contributed by atoms with Gasteiger partial charge in [0.2, 0.25) is 5.91 Å². The van der Waals surface area contributed by atoms with Crippen LogP contribution in [-0.4, -0.2) is 18.1 Å². The number of carbonyl (C=O) groups is 1. The molecule has 4 nitrogen and oxygen atoms in total. The first kappa shape index (κ1) is 18.9. The molecule has 25 heavy (non-hydrogen) atoms. The highest BCUT2D eigenvalue weighted by Gasteiger charge is 2.21. The van der Waals surface area contributed by atoms with Crippen LogP contribution in [0, 0.1) is 11.7 Å². The van der Waals surface area contributed by atoms with E-state index in [1.165, 1.54) is 18.2 Å². The summed E-state index contributed by atoms with van der Waals surface area (Å²) in [5.41, 5.74) is 1.35. The van der Waals surface area contributed by atoms with Crippen molar-refractivity contribution in [2.75, 3.05) is 7.11 Å². The lowest BCUT2D eigenvalue weighted by Gasteiger charge is -2.24. The molecular weight excluding hydrogens is 321 g/mol. The van der Waals surface area contributed by atoms with Crippen LogP contribution in [0.15, 0.2) is 48.5 Å². The van der Waals surface area contributed by atoms with Crippen molar-refractivity contribution in [1.82, 2.24) is 5.32 Å². The Morgan fingerprint density at radius 3 is 2.40 bits per heavy atom. The minimum atomic E-state index is -1.04. The fourth-order valence-corrected chi connectivity index (χ4v) is 2.69. The molecule has 0 saturated heterocycles. The molecule has 0 heterocycles. The second kappa shape index (κ2) is 8.62. The lowest BCUT2D eigenvalue weighted by atomic mass is 9.95. The van der Waals surface area contributed by atoms with Gasteiger partial charge in [0.1, 0.15) is 11.6 Å². The van der Waals surface area contributed by atoms with Crippen LogP contribution in [0.1, 0.15) is 43.5 Å². The summed E-state index contributed by atoms with van der Waals surface area (Å²) < 4.78 is 18.4. The maximum absolute atomic E-state index is 13.2. The van der Waals surface area contributed by atoms with Gasteiger partial charge in [-0.15, -0.1) is 0 Å². The fraction of sp³-hybridized carbons (Fsp3) is 0.350. The van der Waals surface area contributed by atoms with E-state index in [0.717, 1.165) is 11.3 Å². The lowest BCUT2D eigenvalue weighted by Crippen LogP contribution is -2.32. The standard InChI is InChI=1S/C20H24FNO3/c1-13(2)20(14-7-9-17(25-3)10-8-14)22-19(24)12-18(23)15-5-4-6-16(21)11-15/h4-11,13,18,20,23H,12H2,1-3H3,(H,22,24). The molecule has 0 saturated carbocycles. The number of aliphatic hydroxyl groups excluding tert-OH is 1. The predicted octanol–water partition coefficient (Wildman–Crippen LogP) is 3.77. The molecule has 5 heteroatoms. The van der Waals surface area contributed by atoms with Crippen LogP contribution in [0.3, 0.4) is 0 Å². The number of halogens is 1. The molecule has 0 aliphatic carbocycles. The van der Waals surface area contributed by atoms with E-state index in [4.69, 9.17) is 4.74 Å². The number of rotatable bonds is 7. The maximum atomic E-state index is 13.2. The van der Waals surface area contributed by atoms with Gasteiger partial charge in [-0.3, -0.25) is 4.79 Å². The van der Waals surface area contributed by atoms with E-state index in [-0.39, 0.29) is 24.3 Å². The fourth-order valence-electron chi connectivity index (χ4n) is 2.69. The third kappa shape index (κ3) is 5.29. The highest BCUT2D eigenvalue weighted by Crippen LogP contribution is 2.25. The van der Waals surface area contributed by atoms with Gasteiger partial charge in [0.25, 0.3) is 0 Å². The van der Waals surface area contributed by atoms with Crippen molar-refractivity contribution in [1.29, 1.82) is 0 Å². The summed E-state index contributed by atoms with van der Waals surface area (Å²) >= 11 is 0. The second-order valence-corrected chi connectivity index (χ2v) is 6.34. The zero-order valence-electron chi connectivity index (χ0n) is 14.7. The van der Waals surface area contributed by atoms with E-state index in [0.29, 0.717) is 5.56 Å². The van der Waals surface area contributed by atoms with Crippen LogP contribution in [0.5, 0.6) is 5.75 Å². The van der Waals surface area contributed by atoms with Crippen molar-refractivity contribution in [3.05, 3.63) is 65.5 Å². The largest absolute Gasteiger partial charge is 0.497 e. The number of aliphatic hydroxyl groups is 1. The number of nitrogens with one attached hydrogen (secondary N) is 1. The lowest BCUT2D eigenvalue weighted by molar-refractivity contribution is -0.124. The van der Waals surface area contributed by atoms with Crippen LogP contribution in [0.4, 0.5) is 4.39 Å². The van der Waals surface area contributed by atoms with Crippen molar-refractivity contribution >= 4 is 5.91 Å². The maximum Gasteiger partial charge on any atom is 0.223 e. The summed E-state index contributed by atoms with van der Waals surface area (Å²) in [6, 6.07) is 13.0. The van der Waals surface area contributed by atoms with Gasteiger partial charge < -0.3 is 15.2 Å². The summed E-state index contributed by atoms with van der Waals surface area (Å²) in [4.78, 5) is 12.3. The Morgan fingerprint density at radius 1 is 1.16 bits per heavy atom. The van der Waals surface area contributed by atoms with Crippen molar-refractivity contribution < 1.29 is 19.0 Å². The van der Waals surface area contributed by atoms with E-state index < -0.39 is 11.9 Å². The molecule has 0 aromatic heterocycles. The first-order valence-electron chi connectivity index (χ1n) is 8.27. The summed E-state index contributed by atoms with van der Waals surface area (Å²) in [7, 11) is 1.60. The number of benzene rings is 2. The van der Waals surface area contributed by atoms with Gasteiger partial charge in [-0.05, 0) is 41.3 Å². The molecule has 2 N–H and O–H groups in total. The van der Waals surface area contributed by atoms with Crippen LogP contribution >= 0.6 is 0 Å². The van der Waals surface area contributed by atoms with E-state index in [9.17, 15) is 14.3 Å². The number of amides is 1. The van der Waals surface area contributed by atoms with Crippen molar-refractivity contribution in [2.45, 2.75) is 32.4 Å².